The number of fused-ring (bicyclic) bond motifs is 12. The van der Waals surface area contributed by atoms with Crippen LogP contribution in [0.2, 0.25) is 0 Å². The lowest BCUT2D eigenvalue weighted by atomic mass is 9.39. The van der Waals surface area contributed by atoms with E-state index in [1.54, 1.807) is 0 Å². The molecule has 2 aliphatic rings. The van der Waals surface area contributed by atoms with Crippen molar-refractivity contribution in [1.29, 1.82) is 0 Å². The summed E-state index contributed by atoms with van der Waals surface area (Å²) in [6.45, 7) is 0.322. The van der Waals surface area contributed by atoms with Gasteiger partial charge in [0, 0.05) is 44.0 Å². The van der Waals surface area contributed by atoms with E-state index in [4.69, 9.17) is 0 Å². The molecule has 2 aliphatic heterocycles. The van der Waals surface area contributed by atoms with E-state index in [0.29, 0.717) is 0 Å². The van der Waals surface area contributed by atoms with Crippen LogP contribution >= 0.6 is 0 Å². The van der Waals surface area contributed by atoms with Gasteiger partial charge in [-0.3, -0.25) is 0 Å². The summed E-state index contributed by atoms with van der Waals surface area (Å²) in [4.78, 5) is 0. The zero-order valence-corrected chi connectivity index (χ0v) is 38.3. The lowest BCUT2D eigenvalue weighted by Gasteiger charge is -2.19. The molecule has 0 saturated carbocycles. The standard InChI is InChI=1S/C66H42B2N2/c1-3-19-47(20-4-1)69-59-33-17-11-27-53(59)63-62(44-37-41-46(42-38-44)68-57-31-15-9-25-51(57)52-26-10-16-32-58(52)68)66-64(54-28-12-18-34-60(54)70(66)48-21-5-2-6-22-48)61(65(63)69)43-35-39-45(40-36-43)67-55-29-13-7-23-49(55)50-24-8-14-30-56(50)67/h1-42H. The summed E-state index contributed by atoms with van der Waals surface area (Å²) in [5.74, 6) is 0. The molecule has 0 radical (unpaired) electrons. The first kappa shape index (κ1) is 39.2. The van der Waals surface area contributed by atoms with Crippen LogP contribution in [0.5, 0.6) is 0 Å². The first-order valence-corrected chi connectivity index (χ1v) is 24.5. The van der Waals surface area contributed by atoms with Crippen LogP contribution in [0.15, 0.2) is 255 Å². The third-order valence-electron chi connectivity index (χ3n) is 15.5. The van der Waals surface area contributed by atoms with Crippen LogP contribution < -0.4 is 32.8 Å². The minimum absolute atomic E-state index is 0.161. The van der Waals surface area contributed by atoms with Crippen molar-refractivity contribution >= 4 is 89.8 Å². The van der Waals surface area contributed by atoms with E-state index in [2.05, 4.69) is 264 Å². The number of hydrogen-bond acceptors (Lipinski definition) is 0. The summed E-state index contributed by atoms with van der Waals surface area (Å²) < 4.78 is 5.07. The Bertz CT molecular complexity index is 3860. The summed E-state index contributed by atoms with van der Waals surface area (Å²) in [5.41, 5.74) is 25.3. The highest BCUT2D eigenvalue weighted by atomic mass is 15.0. The average molecular weight is 885 g/mol. The van der Waals surface area contributed by atoms with Gasteiger partial charge in [-0.05, 0) is 69.8 Å². The van der Waals surface area contributed by atoms with Crippen molar-refractivity contribution in [3.63, 3.8) is 0 Å². The van der Waals surface area contributed by atoms with Crippen molar-refractivity contribution in [3.8, 4) is 55.9 Å². The van der Waals surface area contributed by atoms with Crippen molar-refractivity contribution < 1.29 is 0 Å². The molecule has 0 fully saturated rings. The van der Waals surface area contributed by atoms with E-state index < -0.39 is 0 Å². The smallest absolute Gasteiger partial charge is 0.242 e. The van der Waals surface area contributed by atoms with Gasteiger partial charge in [0.15, 0.2) is 0 Å². The van der Waals surface area contributed by atoms with Gasteiger partial charge in [0.1, 0.15) is 0 Å². The molecule has 13 aromatic rings. The van der Waals surface area contributed by atoms with Gasteiger partial charge in [-0.25, -0.2) is 0 Å². The maximum Gasteiger partial charge on any atom is 0.242 e. The van der Waals surface area contributed by atoms with Gasteiger partial charge in [0.05, 0.1) is 22.1 Å². The van der Waals surface area contributed by atoms with E-state index >= 15 is 0 Å². The van der Waals surface area contributed by atoms with Gasteiger partial charge in [0.2, 0.25) is 13.4 Å². The van der Waals surface area contributed by atoms with Crippen LogP contribution in [-0.4, -0.2) is 22.6 Å². The highest BCUT2D eigenvalue weighted by Crippen LogP contribution is 2.52. The fraction of sp³-hybridized carbons (Fsp3) is 0. The fourth-order valence-corrected chi connectivity index (χ4v) is 12.7. The fourth-order valence-electron chi connectivity index (χ4n) is 12.7. The van der Waals surface area contributed by atoms with Crippen LogP contribution in [0, 0.1) is 0 Å². The predicted octanol–water partition coefficient (Wildman–Crippen LogP) is 12.2. The zero-order chi connectivity index (χ0) is 45.9. The second-order valence-electron chi connectivity index (χ2n) is 19.0. The zero-order valence-electron chi connectivity index (χ0n) is 38.3. The summed E-state index contributed by atoms with van der Waals surface area (Å²) in [7, 11) is 0. The molecule has 2 aromatic heterocycles. The molecule has 0 amide bonds. The Kier molecular flexibility index (Phi) is 8.58. The molecule has 70 heavy (non-hydrogen) atoms. The van der Waals surface area contributed by atoms with Gasteiger partial charge in [0.25, 0.3) is 0 Å². The number of benzene rings is 11. The van der Waals surface area contributed by atoms with Crippen molar-refractivity contribution in [2.24, 2.45) is 0 Å². The van der Waals surface area contributed by atoms with Crippen molar-refractivity contribution in [2.45, 2.75) is 0 Å². The molecular formula is C66H42B2N2. The number of hydrogen-bond donors (Lipinski definition) is 0. The van der Waals surface area contributed by atoms with E-state index in [1.807, 2.05) is 0 Å². The van der Waals surface area contributed by atoms with Crippen molar-refractivity contribution in [1.82, 2.24) is 9.13 Å². The van der Waals surface area contributed by atoms with Crippen LogP contribution in [-0.2, 0) is 0 Å². The Morgan fingerprint density at radius 3 is 0.914 bits per heavy atom. The minimum atomic E-state index is 0.161. The van der Waals surface area contributed by atoms with Gasteiger partial charge in [-0.2, -0.15) is 0 Å². The monoisotopic (exact) mass is 884 g/mol. The maximum atomic E-state index is 2.54. The number of rotatable bonds is 6. The first-order chi connectivity index (χ1) is 34.8. The van der Waals surface area contributed by atoms with Crippen LogP contribution in [0.3, 0.4) is 0 Å². The summed E-state index contributed by atoms with van der Waals surface area (Å²) >= 11 is 0. The van der Waals surface area contributed by atoms with Crippen molar-refractivity contribution in [2.75, 3.05) is 0 Å². The Labute approximate surface area is 407 Å². The second-order valence-corrected chi connectivity index (χ2v) is 19.0. The van der Waals surface area contributed by atoms with E-state index in [-0.39, 0.29) is 13.4 Å². The van der Waals surface area contributed by atoms with Gasteiger partial charge < -0.3 is 9.13 Å². The van der Waals surface area contributed by atoms with Crippen LogP contribution in [0.1, 0.15) is 0 Å². The molecular weight excluding hydrogens is 842 g/mol. The summed E-state index contributed by atoms with van der Waals surface area (Å²) in [6, 6.07) is 95.0. The third kappa shape index (κ3) is 5.59. The Balaban J connectivity index is 1.06. The average Bonchev–Trinajstić information content (AvgIpc) is 4.17. The molecule has 4 heteroatoms. The second kappa shape index (κ2) is 15.3. The highest BCUT2D eigenvalue weighted by molar-refractivity contribution is 6.99. The number of aromatic nitrogens is 2. The summed E-state index contributed by atoms with van der Waals surface area (Å²) in [5, 5.41) is 4.94. The molecule has 0 spiro atoms. The lowest BCUT2D eigenvalue weighted by molar-refractivity contribution is 1.18. The topological polar surface area (TPSA) is 9.86 Å². The Morgan fingerprint density at radius 1 is 0.257 bits per heavy atom. The first-order valence-electron chi connectivity index (χ1n) is 24.5. The largest absolute Gasteiger partial charge is 0.309 e. The molecule has 322 valence electrons. The number of para-hydroxylation sites is 4. The van der Waals surface area contributed by atoms with Crippen LogP contribution in [0.25, 0.3) is 99.5 Å². The Morgan fingerprint density at radius 2 is 0.557 bits per heavy atom. The molecule has 0 bridgehead atoms. The molecule has 11 aromatic carbocycles. The number of nitrogens with zero attached hydrogens (tertiary/aromatic N) is 2. The SMILES string of the molecule is c1ccc(-n2c3ccccc3c3c(-c4ccc(B5c6ccccc6-c6ccccc65)cc4)c4c(c(-c5ccc(B6c7ccccc7-c7ccccc76)cc5)c32)c2ccccc2n4-c2ccccc2)cc1. The molecule has 15 rings (SSSR count). The maximum absolute atomic E-state index is 2.54. The normalized spacial score (nSPS) is 12.5. The molecule has 0 unspecified atom stereocenters. The highest BCUT2D eigenvalue weighted by Gasteiger charge is 2.35. The predicted molar refractivity (Wildman–Crippen MR) is 299 cm³/mol. The van der Waals surface area contributed by atoms with Gasteiger partial charge >= 0.3 is 0 Å². The van der Waals surface area contributed by atoms with E-state index in [1.165, 1.54) is 121 Å². The minimum Gasteiger partial charge on any atom is -0.309 e. The van der Waals surface area contributed by atoms with Crippen molar-refractivity contribution in [3.05, 3.63) is 255 Å². The van der Waals surface area contributed by atoms with Crippen LogP contribution in [0.4, 0.5) is 0 Å². The summed E-state index contributed by atoms with van der Waals surface area (Å²) in [6.07, 6.45) is 0. The quantitative estimate of drug-likeness (QED) is 0.147. The van der Waals surface area contributed by atoms with E-state index in [0.717, 1.165) is 11.4 Å². The molecule has 4 heterocycles. The third-order valence-corrected chi connectivity index (χ3v) is 15.5. The van der Waals surface area contributed by atoms with Gasteiger partial charge in [-0.15, -0.1) is 0 Å². The van der Waals surface area contributed by atoms with Gasteiger partial charge in [-0.1, -0.05) is 251 Å². The molecule has 2 nitrogen and oxygen atoms in total. The molecule has 0 atom stereocenters. The molecule has 0 aliphatic carbocycles. The lowest BCUT2D eigenvalue weighted by Crippen LogP contribution is -2.48. The van der Waals surface area contributed by atoms with E-state index in [9.17, 15) is 0 Å². The Hall–Kier alpha value is -8.85. The molecule has 0 N–H and O–H groups in total. The molecule has 0 saturated heterocycles.